The first-order valence-electron chi connectivity index (χ1n) is 8.30. The van der Waals surface area contributed by atoms with Gasteiger partial charge in [0.2, 0.25) is 5.91 Å². The van der Waals surface area contributed by atoms with Gasteiger partial charge in [0.25, 0.3) is 0 Å². The molecule has 0 radical (unpaired) electrons. The van der Waals surface area contributed by atoms with Gasteiger partial charge in [-0.1, -0.05) is 26.2 Å². The third-order valence-corrected chi connectivity index (χ3v) is 4.92. The van der Waals surface area contributed by atoms with E-state index in [9.17, 15) is 4.79 Å². The summed E-state index contributed by atoms with van der Waals surface area (Å²) in [4.78, 5) is 14.2. The van der Waals surface area contributed by atoms with Crippen LogP contribution >= 0.6 is 0 Å². The van der Waals surface area contributed by atoms with Gasteiger partial charge in [-0.05, 0) is 44.4 Å². The molecule has 3 nitrogen and oxygen atoms in total. The summed E-state index contributed by atoms with van der Waals surface area (Å²) in [5.74, 6) is 1.24. The van der Waals surface area contributed by atoms with Gasteiger partial charge in [0.15, 0.2) is 0 Å². The van der Waals surface area contributed by atoms with Crippen LogP contribution in [0.15, 0.2) is 0 Å². The molecule has 1 amide bonds. The summed E-state index contributed by atoms with van der Waals surface area (Å²) in [5, 5.41) is 3.51. The molecule has 110 valence electrons. The molecule has 3 heteroatoms. The third kappa shape index (κ3) is 4.79. The second kappa shape index (κ2) is 7.88. The van der Waals surface area contributed by atoms with Crippen LogP contribution in [0, 0.1) is 5.92 Å². The maximum absolute atomic E-state index is 12.1. The molecular formula is C16H30N2O. The second-order valence-electron chi connectivity index (χ2n) is 6.30. The third-order valence-electron chi connectivity index (χ3n) is 4.92. The molecule has 1 aliphatic heterocycles. The lowest BCUT2D eigenvalue weighted by Crippen LogP contribution is -2.43. The number of nitrogens with zero attached hydrogens (tertiary/aromatic N) is 1. The summed E-state index contributed by atoms with van der Waals surface area (Å²) in [7, 11) is 0. The van der Waals surface area contributed by atoms with Crippen molar-refractivity contribution in [2.75, 3.05) is 19.6 Å². The molecule has 2 atom stereocenters. The lowest BCUT2D eigenvalue weighted by atomic mass is 9.98. The van der Waals surface area contributed by atoms with E-state index in [1.165, 1.54) is 57.8 Å². The molecule has 1 N–H and O–H groups in total. The van der Waals surface area contributed by atoms with Crippen LogP contribution in [0.5, 0.6) is 0 Å². The molecule has 1 saturated heterocycles. The highest BCUT2D eigenvalue weighted by Gasteiger charge is 2.20. The van der Waals surface area contributed by atoms with Gasteiger partial charge in [-0.2, -0.15) is 0 Å². The highest BCUT2D eigenvalue weighted by atomic mass is 16.2. The maximum Gasteiger partial charge on any atom is 0.236 e. The zero-order valence-electron chi connectivity index (χ0n) is 12.5. The largest absolute Gasteiger partial charge is 0.342 e. The number of amides is 1. The van der Waals surface area contributed by atoms with E-state index >= 15 is 0 Å². The number of rotatable bonds is 4. The Morgan fingerprint density at radius 2 is 1.84 bits per heavy atom. The quantitative estimate of drug-likeness (QED) is 0.794. The molecule has 2 fully saturated rings. The van der Waals surface area contributed by atoms with Gasteiger partial charge in [0.05, 0.1) is 6.54 Å². The SMILES string of the molecule is CCC1CCCC(NCC(=O)N2CCCCC2)CC1. The van der Waals surface area contributed by atoms with Crippen LogP contribution in [-0.4, -0.2) is 36.5 Å². The zero-order valence-corrected chi connectivity index (χ0v) is 12.5. The fraction of sp³-hybridized carbons (Fsp3) is 0.938. The van der Waals surface area contributed by atoms with Crippen LogP contribution in [0.1, 0.15) is 64.7 Å². The van der Waals surface area contributed by atoms with Crippen LogP contribution in [0.4, 0.5) is 0 Å². The molecular weight excluding hydrogens is 236 g/mol. The molecule has 1 saturated carbocycles. The first-order chi connectivity index (χ1) is 9.29. The summed E-state index contributed by atoms with van der Waals surface area (Å²) >= 11 is 0. The molecule has 0 aromatic carbocycles. The van der Waals surface area contributed by atoms with Crippen molar-refractivity contribution in [1.29, 1.82) is 0 Å². The normalized spacial score (nSPS) is 29.0. The van der Waals surface area contributed by atoms with E-state index in [0.29, 0.717) is 18.5 Å². The summed E-state index contributed by atoms with van der Waals surface area (Å²) in [6, 6.07) is 0.574. The Morgan fingerprint density at radius 3 is 2.58 bits per heavy atom. The van der Waals surface area contributed by atoms with E-state index in [1.807, 2.05) is 4.90 Å². The van der Waals surface area contributed by atoms with Crippen molar-refractivity contribution >= 4 is 5.91 Å². The van der Waals surface area contributed by atoms with Crippen LogP contribution < -0.4 is 5.32 Å². The van der Waals surface area contributed by atoms with E-state index in [0.717, 1.165) is 19.0 Å². The van der Waals surface area contributed by atoms with Crippen LogP contribution in [0.25, 0.3) is 0 Å². The van der Waals surface area contributed by atoms with Crippen molar-refractivity contribution in [3.63, 3.8) is 0 Å². The average Bonchev–Trinajstić information content (AvgIpc) is 2.70. The number of carbonyl (C=O) groups excluding carboxylic acids is 1. The van der Waals surface area contributed by atoms with E-state index < -0.39 is 0 Å². The number of likely N-dealkylation sites (tertiary alicyclic amines) is 1. The van der Waals surface area contributed by atoms with Crippen LogP contribution in [0.2, 0.25) is 0 Å². The smallest absolute Gasteiger partial charge is 0.236 e. The number of piperidine rings is 1. The van der Waals surface area contributed by atoms with Crippen molar-refractivity contribution in [2.24, 2.45) is 5.92 Å². The van der Waals surface area contributed by atoms with E-state index in [1.54, 1.807) is 0 Å². The van der Waals surface area contributed by atoms with Gasteiger partial charge in [-0.25, -0.2) is 0 Å². The highest BCUT2D eigenvalue weighted by molar-refractivity contribution is 5.78. The molecule has 19 heavy (non-hydrogen) atoms. The first-order valence-corrected chi connectivity index (χ1v) is 8.30. The fourth-order valence-corrected chi connectivity index (χ4v) is 3.48. The molecule has 2 aliphatic rings. The van der Waals surface area contributed by atoms with Gasteiger partial charge in [-0.15, -0.1) is 0 Å². The Bertz CT molecular complexity index is 274. The lowest BCUT2D eigenvalue weighted by molar-refractivity contribution is -0.131. The van der Waals surface area contributed by atoms with Crippen molar-refractivity contribution in [1.82, 2.24) is 10.2 Å². The predicted octanol–water partition coefficient (Wildman–Crippen LogP) is 2.95. The van der Waals surface area contributed by atoms with E-state index in [4.69, 9.17) is 0 Å². The van der Waals surface area contributed by atoms with Crippen LogP contribution in [-0.2, 0) is 4.79 Å². The molecule has 2 rings (SSSR count). The van der Waals surface area contributed by atoms with Crippen molar-refractivity contribution in [3.8, 4) is 0 Å². The second-order valence-corrected chi connectivity index (χ2v) is 6.30. The van der Waals surface area contributed by atoms with Crippen molar-refractivity contribution < 1.29 is 4.79 Å². The average molecular weight is 266 g/mol. The summed E-state index contributed by atoms with van der Waals surface area (Å²) in [6.45, 7) is 4.81. The lowest BCUT2D eigenvalue weighted by Gasteiger charge is -2.27. The van der Waals surface area contributed by atoms with Gasteiger partial charge >= 0.3 is 0 Å². The Kier molecular flexibility index (Phi) is 6.15. The Labute approximate surface area is 118 Å². The predicted molar refractivity (Wildman–Crippen MR) is 79.1 cm³/mol. The molecule has 0 bridgehead atoms. The van der Waals surface area contributed by atoms with Gasteiger partial charge in [0, 0.05) is 19.1 Å². The molecule has 1 heterocycles. The summed E-state index contributed by atoms with van der Waals surface area (Å²) in [5.41, 5.74) is 0. The molecule has 0 aromatic rings. The van der Waals surface area contributed by atoms with E-state index in [2.05, 4.69) is 12.2 Å². The van der Waals surface area contributed by atoms with Gasteiger partial charge in [0.1, 0.15) is 0 Å². The number of carbonyl (C=O) groups is 1. The fourth-order valence-electron chi connectivity index (χ4n) is 3.48. The minimum atomic E-state index is 0.316. The first kappa shape index (κ1) is 14.8. The minimum Gasteiger partial charge on any atom is -0.342 e. The zero-order chi connectivity index (χ0) is 13.5. The Balaban J connectivity index is 1.68. The molecule has 0 spiro atoms. The molecule has 2 unspecified atom stereocenters. The highest BCUT2D eigenvalue weighted by Crippen LogP contribution is 2.25. The van der Waals surface area contributed by atoms with Crippen molar-refractivity contribution in [3.05, 3.63) is 0 Å². The number of hydrogen-bond acceptors (Lipinski definition) is 2. The molecule has 1 aliphatic carbocycles. The van der Waals surface area contributed by atoms with Gasteiger partial charge in [-0.3, -0.25) is 4.79 Å². The number of hydrogen-bond donors (Lipinski definition) is 1. The molecule has 0 aromatic heterocycles. The summed E-state index contributed by atoms with van der Waals surface area (Å²) in [6.07, 6.45) is 11.5. The summed E-state index contributed by atoms with van der Waals surface area (Å²) < 4.78 is 0. The minimum absolute atomic E-state index is 0.316. The topological polar surface area (TPSA) is 32.3 Å². The van der Waals surface area contributed by atoms with Gasteiger partial charge < -0.3 is 10.2 Å². The Morgan fingerprint density at radius 1 is 1.05 bits per heavy atom. The van der Waals surface area contributed by atoms with Crippen LogP contribution in [0.3, 0.4) is 0 Å². The monoisotopic (exact) mass is 266 g/mol. The number of nitrogens with one attached hydrogen (secondary N) is 1. The Hall–Kier alpha value is -0.570. The maximum atomic E-state index is 12.1. The van der Waals surface area contributed by atoms with E-state index in [-0.39, 0.29) is 0 Å². The van der Waals surface area contributed by atoms with Crippen molar-refractivity contribution in [2.45, 2.75) is 70.8 Å². The standard InChI is InChI=1S/C16H30N2O/c1-2-14-7-6-8-15(10-9-14)17-13-16(19)18-11-4-3-5-12-18/h14-15,17H,2-13H2,1H3.